The number of carbonyl (C=O) groups is 1. The lowest BCUT2D eigenvalue weighted by Gasteiger charge is -2.24. The van der Waals surface area contributed by atoms with Crippen LogP contribution in [0.25, 0.3) is 0 Å². The van der Waals surface area contributed by atoms with Gasteiger partial charge in [-0.15, -0.1) is 0 Å². The fourth-order valence-corrected chi connectivity index (χ4v) is 4.64. The Morgan fingerprint density at radius 2 is 2.06 bits per heavy atom. The van der Waals surface area contributed by atoms with Gasteiger partial charge in [-0.3, -0.25) is 23.7 Å². The van der Waals surface area contributed by atoms with Crippen LogP contribution in [0.2, 0.25) is 5.02 Å². The first-order valence-electron chi connectivity index (χ1n) is 9.82. The molecule has 2 heterocycles. The highest BCUT2D eigenvalue weighted by atomic mass is 35.5. The lowest BCUT2D eigenvalue weighted by atomic mass is 10.3. The summed E-state index contributed by atoms with van der Waals surface area (Å²) in [5.74, 6) is -0.588. The fraction of sp³-hybridized carbons (Fsp3) is 0.350. The second-order valence-corrected chi connectivity index (χ2v) is 9.22. The lowest BCUT2D eigenvalue weighted by Crippen LogP contribution is -2.35. The average molecular weight is 500 g/mol. The number of H-pyrrole nitrogens is 1. The van der Waals surface area contributed by atoms with E-state index in [1.807, 2.05) is 0 Å². The minimum Gasteiger partial charge on any atom is -0.468 e. The zero-order valence-electron chi connectivity index (χ0n) is 18.0. The molecule has 2 N–H and O–H groups in total. The Labute approximate surface area is 193 Å². The Kier molecular flexibility index (Phi) is 7.93. The van der Waals surface area contributed by atoms with Crippen molar-refractivity contribution >= 4 is 25.3 Å². The molecule has 0 bridgehead atoms. The predicted molar refractivity (Wildman–Crippen MR) is 119 cm³/mol. The number of nitrogens with one attached hydrogen (secondary N) is 2. The number of benzene rings is 1. The number of methoxy groups -OCH3 is 1. The molecule has 0 saturated heterocycles. The van der Waals surface area contributed by atoms with Gasteiger partial charge in [0.25, 0.3) is 5.56 Å². The summed E-state index contributed by atoms with van der Waals surface area (Å²) >= 11 is 6.10. The van der Waals surface area contributed by atoms with Gasteiger partial charge in [0.05, 0.1) is 18.7 Å². The van der Waals surface area contributed by atoms with Crippen molar-refractivity contribution in [3.8, 4) is 5.75 Å². The maximum Gasteiger partial charge on any atom is 0.459 e. The molecular formula is C20H23ClN3O8P. The minimum atomic E-state index is -4.12. The van der Waals surface area contributed by atoms with Gasteiger partial charge in [0.1, 0.15) is 17.9 Å². The molecule has 33 heavy (non-hydrogen) atoms. The summed E-state index contributed by atoms with van der Waals surface area (Å²) in [5.41, 5.74) is -0.783. The summed E-state index contributed by atoms with van der Waals surface area (Å²) in [5, 5.41) is 2.71. The average Bonchev–Trinajstić information content (AvgIpc) is 3.25. The van der Waals surface area contributed by atoms with Crippen LogP contribution in [0.5, 0.6) is 5.75 Å². The van der Waals surface area contributed by atoms with Crippen molar-refractivity contribution in [3.05, 3.63) is 74.0 Å². The van der Waals surface area contributed by atoms with Gasteiger partial charge in [-0.2, -0.15) is 5.09 Å². The number of hydrogen-bond acceptors (Lipinski definition) is 8. The third-order valence-electron chi connectivity index (χ3n) is 4.60. The van der Waals surface area contributed by atoms with Crippen molar-refractivity contribution in [1.29, 1.82) is 0 Å². The third kappa shape index (κ3) is 6.21. The molecule has 0 saturated carbocycles. The third-order valence-corrected chi connectivity index (χ3v) is 6.54. The van der Waals surface area contributed by atoms with Crippen LogP contribution in [0.1, 0.15) is 18.7 Å². The molecule has 0 spiro atoms. The predicted octanol–water partition coefficient (Wildman–Crippen LogP) is 2.31. The number of halogens is 1. The molecule has 11 nitrogen and oxygen atoms in total. The van der Waals surface area contributed by atoms with Crippen molar-refractivity contribution in [2.24, 2.45) is 0 Å². The van der Waals surface area contributed by atoms with Crippen LogP contribution in [0.3, 0.4) is 0 Å². The topological polar surface area (TPSA) is 138 Å². The van der Waals surface area contributed by atoms with Crippen LogP contribution in [0, 0.1) is 6.92 Å². The number of carbonyl (C=O) groups excluding carboxylic acids is 1. The van der Waals surface area contributed by atoms with Gasteiger partial charge < -0.3 is 14.0 Å². The molecular weight excluding hydrogens is 477 g/mol. The first-order valence-corrected chi connectivity index (χ1v) is 11.7. The summed E-state index contributed by atoms with van der Waals surface area (Å²) in [6.07, 6.45) is 3.09. The molecule has 4 atom stereocenters. The number of aromatic amines is 1. The molecule has 1 aliphatic heterocycles. The maximum atomic E-state index is 13.4. The number of ether oxygens (including phenoxy) is 2. The van der Waals surface area contributed by atoms with Crippen LogP contribution in [-0.4, -0.2) is 41.4 Å². The van der Waals surface area contributed by atoms with Crippen LogP contribution in [0.4, 0.5) is 0 Å². The quantitative estimate of drug-likeness (QED) is 0.302. The summed E-state index contributed by atoms with van der Waals surface area (Å²) in [4.78, 5) is 37.7. The highest BCUT2D eigenvalue weighted by Gasteiger charge is 2.34. The normalized spacial score (nSPS) is 20.2. The van der Waals surface area contributed by atoms with E-state index in [0.717, 1.165) is 0 Å². The Bertz CT molecular complexity index is 1210. The van der Waals surface area contributed by atoms with E-state index in [1.165, 1.54) is 30.9 Å². The number of hydrogen-bond donors (Lipinski definition) is 2. The second-order valence-electron chi connectivity index (χ2n) is 7.12. The van der Waals surface area contributed by atoms with Crippen LogP contribution in [-0.2, 0) is 23.4 Å². The van der Waals surface area contributed by atoms with E-state index in [2.05, 4.69) is 14.8 Å². The Morgan fingerprint density at radius 1 is 1.33 bits per heavy atom. The molecule has 178 valence electrons. The first-order chi connectivity index (χ1) is 15.6. The van der Waals surface area contributed by atoms with E-state index < -0.39 is 43.3 Å². The SMILES string of the molecule is COC(=O)[C@H](C)NP(=O)(OC[C@@H]1C=C[C@H](n2cc(C)c(=O)[nH]c2=O)O1)Oc1ccccc1Cl. The molecule has 0 fully saturated rings. The molecule has 3 rings (SSSR count). The molecule has 0 radical (unpaired) electrons. The molecule has 1 aliphatic rings. The zero-order chi connectivity index (χ0) is 24.2. The number of nitrogens with zero attached hydrogens (tertiary/aromatic N) is 1. The van der Waals surface area contributed by atoms with Gasteiger partial charge in [0.2, 0.25) is 0 Å². The number of esters is 1. The molecule has 0 aliphatic carbocycles. The highest BCUT2D eigenvalue weighted by Crippen LogP contribution is 2.47. The Balaban J connectivity index is 1.72. The van der Waals surface area contributed by atoms with Crippen LogP contribution >= 0.6 is 19.3 Å². The van der Waals surface area contributed by atoms with Crippen molar-refractivity contribution in [1.82, 2.24) is 14.6 Å². The monoisotopic (exact) mass is 499 g/mol. The Morgan fingerprint density at radius 3 is 2.76 bits per heavy atom. The van der Waals surface area contributed by atoms with Gasteiger partial charge in [0.15, 0.2) is 6.23 Å². The second kappa shape index (κ2) is 10.5. The largest absolute Gasteiger partial charge is 0.468 e. The van der Waals surface area contributed by atoms with Gasteiger partial charge in [-0.05, 0) is 32.1 Å². The number of para-hydroxylation sites is 1. The minimum absolute atomic E-state index is 0.0862. The van der Waals surface area contributed by atoms with E-state index in [-0.39, 0.29) is 17.4 Å². The summed E-state index contributed by atoms with van der Waals surface area (Å²) in [7, 11) is -2.93. The van der Waals surface area contributed by atoms with Gasteiger partial charge in [-0.1, -0.05) is 29.8 Å². The number of rotatable bonds is 9. The van der Waals surface area contributed by atoms with E-state index >= 15 is 0 Å². The van der Waals surface area contributed by atoms with Gasteiger partial charge in [0, 0.05) is 11.8 Å². The van der Waals surface area contributed by atoms with E-state index in [0.29, 0.717) is 5.56 Å². The van der Waals surface area contributed by atoms with E-state index in [9.17, 15) is 18.9 Å². The summed E-state index contributed by atoms with van der Waals surface area (Å²) in [6.45, 7) is 2.75. The first kappa shape index (κ1) is 24.9. The van der Waals surface area contributed by atoms with E-state index in [4.69, 9.17) is 25.4 Å². The van der Waals surface area contributed by atoms with Crippen molar-refractivity contribution in [2.75, 3.05) is 13.7 Å². The fourth-order valence-electron chi connectivity index (χ4n) is 2.89. The molecule has 2 aromatic rings. The van der Waals surface area contributed by atoms with E-state index in [1.54, 1.807) is 37.3 Å². The smallest absolute Gasteiger partial charge is 0.459 e. The van der Waals surface area contributed by atoms with Crippen molar-refractivity contribution in [3.63, 3.8) is 0 Å². The molecule has 1 aromatic heterocycles. The van der Waals surface area contributed by atoms with Crippen molar-refractivity contribution in [2.45, 2.75) is 32.2 Å². The number of aryl methyl sites for hydroxylation is 1. The molecule has 13 heteroatoms. The maximum absolute atomic E-state index is 13.4. The summed E-state index contributed by atoms with van der Waals surface area (Å²) < 4.78 is 36.1. The highest BCUT2D eigenvalue weighted by molar-refractivity contribution is 7.52. The molecule has 1 aromatic carbocycles. The zero-order valence-corrected chi connectivity index (χ0v) is 19.7. The Hall–Kier alpha value is -2.69. The van der Waals surface area contributed by atoms with Crippen molar-refractivity contribution < 1.29 is 27.9 Å². The van der Waals surface area contributed by atoms with Crippen LogP contribution < -0.4 is 20.9 Å². The van der Waals surface area contributed by atoms with Crippen LogP contribution in [0.15, 0.2) is 52.2 Å². The van der Waals surface area contributed by atoms with Gasteiger partial charge in [-0.25, -0.2) is 9.36 Å². The standard InChI is InChI=1S/C20H23ClN3O8P/c1-12-10-24(20(27)22-18(12)25)17-9-8-14(31-17)11-30-33(28,23-13(2)19(26)29-3)32-16-7-5-4-6-15(16)21/h4-10,13-14,17H,11H2,1-3H3,(H,23,28)(H,22,25,27)/t13-,14-,17+,33?/m0/s1. The summed E-state index contributed by atoms with van der Waals surface area (Å²) in [6, 6.07) is 5.33. The molecule has 1 unspecified atom stereocenters. The molecule has 0 amide bonds. The number of aromatic nitrogens is 2. The lowest BCUT2D eigenvalue weighted by molar-refractivity contribution is -0.142. The van der Waals surface area contributed by atoms with Gasteiger partial charge >= 0.3 is 19.4 Å².